The Balaban J connectivity index is 2.08. The number of hydrogen-bond donors (Lipinski definition) is 1. The molecule has 1 N–H and O–H groups in total. The second-order valence-electron chi connectivity index (χ2n) is 5.81. The van der Waals surface area contributed by atoms with Crippen molar-refractivity contribution in [3.63, 3.8) is 0 Å². The van der Waals surface area contributed by atoms with E-state index in [4.69, 9.17) is 0 Å². The van der Waals surface area contributed by atoms with Crippen molar-refractivity contribution in [3.8, 4) is 0 Å². The highest BCUT2D eigenvalue weighted by Gasteiger charge is 2.36. The van der Waals surface area contributed by atoms with Gasteiger partial charge in [-0.15, -0.1) is 0 Å². The fraction of sp³-hybridized carbons (Fsp3) is 0.786. The lowest BCUT2D eigenvalue weighted by atomic mass is 9.74. The molecule has 0 saturated heterocycles. The summed E-state index contributed by atoms with van der Waals surface area (Å²) in [6.45, 7) is 6.40. The number of nitrogens with zero attached hydrogens (tertiary/aromatic N) is 2. The van der Waals surface area contributed by atoms with E-state index in [2.05, 4.69) is 25.9 Å². The van der Waals surface area contributed by atoms with Crippen LogP contribution in [-0.2, 0) is 6.42 Å². The summed E-state index contributed by atoms with van der Waals surface area (Å²) in [7, 11) is 0. The van der Waals surface area contributed by atoms with Crippen LogP contribution in [0.4, 0.5) is 0 Å². The maximum atomic E-state index is 10.7. The lowest BCUT2D eigenvalue weighted by molar-refractivity contribution is -0.0413. The second-order valence-corrected chi connectivity index (χ2v) is 5.81. The molecule has 1 aliphatic carbocycles. The third kappa shape index (κ3) is 2.71. The van der Waals surface area contributed by atoms with Crippen LogP contribution < -0.4 is 0 Å². The zero-order valence-corrected chi connectivity index (χ0v) is 11.2. The Hall–Kier alpha value is -0.830. The monoisotopic (exact) mass is 236 g/mol. The Kier molecular flexibility index (Phi) is 3.57. The Morgan fingerprint density at radius 2 is 2.29 bits per heavy atom. The molecular formula is C14H24N2O. The van der Waals surface area contributed by atoms with E-state index in [1.807, 2.05) is 16.9 Å². The molecule has 1 fully saturated rings. The molecule has 0 amide bonds. The van der Waals surface area contributed by atoms with E-state index in [9.17, 15) is 5.11 Å². The molecule has 1 aromatic rings. The lowest BCUT2D eigenvalue weighted by Gasteiger charge is -2.37. The Morgan fingerprint density at radius 3 is 2.88 bits per heavy atom. The van der Waals surface area contributed by atoms with Crippen LogP contribution in [0.25, 0.3) is 0 Å². The highest BCUT2D eigenvalue weighted by molar-refractivity contribution is 5.06. The number of aliphatic hydroxyl groups is 1. The average Bonchev–Trinajstić information content (AvgIpc) is 2.71. The molecule has 1 aromatic heterocycles. The second kappa shape index (κ2) is 4.81. The number of hydrogen-bond acceptors (Lipinski definition) is 2. The van der Waals surface area contributed by atoms with Crippen molar-refractivity contribution in [1.82, 2.24) is 9.78 Å². The van der Waals surface area contributed by atoms with Crippen LogP contribution in [0.5, 0.6) is 0 Å². The van der Waals surface area contributed by atoms with E-state index < -0.39 is 5.60 Å². The van der Waals surface area contributed by atoms with Crippen LogP contribution in [-0.4, -0.2) is 20.5 Å². The van der Waals surface area contributed by atoms with E-state index in [-0.39, 0.29) is 0 Å². The summed E-state index contributed by atoms with van der Waals surface area (Å²) in [4.78, 5) is 0. The summed E-state index contributed by atoms with van der Waals surface area (Å²) in [5.74, 6) is 0.389. The minimum atomic E-state index is -0.533. The van der Waals surface area contributed by atoms with Gasteiger partial charge in [-0.25, -0.2) is 0 Å². The fourth-order valence-electron chi connectivity index (χ4n) is 2.73. The molecule has 1 aliphatic rings. The normalized spacial score (nSPS) is 29.8. The molecule has 0 spiro atoms. The van der Waals surface area contributed by atoms with Gasteiger partial charge in [-0.3, -0.25) is 4.68 Å². The lowest BCUT2D eigenvalue weighted by Crippen LogP contribution is -2.41. The molecule has 2 atom stereocenters. The van der Waals surface area contributed by atoms with Crippen molar-refractivity contribution in [1.29, 1.82) is 0 Å². The molecule has 17 heavy (non-hydrogen) atoms. The molecule has 3 nitrogen and oxygen atoms in total. The van der Waals surface area contributed by atoms with Gasteiger partial charge in [-0.05, 0) is 38.7 Å². The topological polar surface area (TPSA) is 38.0 Å². The first-order valence-corrected chi connectivity index (χ1v) is 6.78. The molecule has 0 radical (unpaired) electrons. The van der Waals surface area contributed by atoms with Crippen molar-refractivity contribution in [2.75, 3.05) is 0 Å². The minimum Gasteiger partial charge on any atom is -0.389 e. The van der Waals surface area contributed by atoms with Crippen LogP contribution in [0.1, 0.15) is 58.2 Å². The van der Waals surface area contributed by atoms with Crippen molar-refractivity contribution in [3.05, 3.63) is 18.0 Å². The van der Waals surface area contributed by atoms with Gasteiger partial charge in [0.25, 0.3) is 0 Å². The summed E-state index contributed by atoms with van der Waals surface area (Å²) < 4.78 is 1.96. The Labute approximate surface area is 104 Å². The highest BCUT2D eigenvalue weighted by atomic mass is 16.3. The van der Waals surface area contributed by atoms with Gasteiger partial charge in [0.15, 0.2) is 0 Å². The molecule has 2 rings (SSSR count). The summed E-state index contributed by atoms with van der Waals surface area (Å²) in [5.41, 5.74) is 0.490. The van der Waals surface area contributed by atoms with Gasteiger partial charge in [0.05, 0.1) is 11.3 Å². The molecule has 3 heteroatoms. The summed E-state index contributed by atoms with van der Waals surface area (Å²) >= 11 is 0. The smallest absolute Gasteiger partial charge is 0.0729 e. The molecule has 0 bridgehead atoms. The largest absolute Gasteiger partial charge is 0.389 e. The van der Waals surface area contributed by atoms with Gasteiger partial charge in [-0.1, -0.05) is 19.8 Å². The van der Waals surface area contributed by atoms with Gasteiger partial charge >= 0.3 is 0 Å². The molecular weight excluding hydrogens is 212 g/mol. The first-order chi connectivity index (χ1) is 8.01. The average molecular weight is 236 g/mol. The number of aromatic nitrogens is 2. The molecule has 1 heterocycles. The van der Waals surface area contributed by atoms with E-state index in [1.54, 1.807) is 0 Å². The molecule has 2 unspecified atom stereocenters. The Bertz CT molecular complexity index is 372. The summed E-state index contributed by atoms with van der Waals surface area (Å²) in [6.07, 6.45) is 7.17. The van der Waals surface area contributed by atoms with E-state index in [1.165, 1.54) is 6.42 Å². The fourth-order valence-corrected chi connectivity index (χ4v) is 2.73. The molecule has 1 saturated carbocycles. The highest BCUT2D eigenvalue weighted by Crippen LogP contribution is 2.35. The van der Waals surface area contributed by atoms with Crippen molar-refractivity contribution in [2.24, 2.45) is 5.92 Å². The standard InChI is InChI=1S/C14H24N2O/c1-11(2)16-9-7-13(15-16)10-14(17)8-5-4-6-12(14)3/h7,9,11-12,17H,4-6,8,10H2,1-3H3. The van der Waals surface area contributed by atoms with Crippen LogP contribution >= 0.6 is 0 Å². The predicted molar refractivity (Wildman–Crippen MR) is 68.9 cm³/mol. The summed E-state index contributed by atoms with van der Waals surface area (Å²) in [5, 5.41) is 15.2. The zero-order chi connectivity index (χ0) is 12.5. The zero-order valence-electron chi connectivity index (χ0n) is 11.2. The van der Waals surface area contributed by atoms with Gasteiger partial charge in [0, 0.05) is 18.7 Å². The van der Waals surface area contributed by atoms with Crippen molar-refractivity contribution >= 4 is 0 Å². The first-order valence-electron chi connectivity index (χ1n) is 6.78. The van der Waals surface area contributed by atoms with Gasteiger partial charge in [0.1, 0.15) is 0 Å². The van der Waals surface area contributed by atoms with E-state index >= 15 is 0 Å². The quantitative estimate of drug-likeness (QED) is 0.876. The van der Waals surface area contributed by atoms with Crippen LogP contribution in [0.2, 0.25) is 0 Å². The molecule has 96 valence electrons. The van der Waals surface area contributed by atoms with Crippen LogP contribution in [0.15, 0.2) is 12.3 Å². The third-order valence-corrected chi connectivity index (χ3v) is 4.09. The minimum absolute atomic E-state index is 0.389. The molecule has 0 aliphatic heterocycles. The van der Waals surface area contributed by atoms with Crippen LogP contribution in [0.3, 0.4) is 0 Å². The van der Waals surface area contributed by atoms with Gasteiger partial charge < -0.3 is 5.11 Å². The first kappa shape index (κ1) is 12.6. The maximum absolute atomic E-state index is 10.7. The van der Waals surface area contributed by atoms with Crippen molar-refractivity contribution < 1.29 is 5.11 Å². The van der Waals surface area contributed by atoms with Gasteiger partial charge in [-0.2, -0.15) is 5.10 Å². The summed E-state index contributed by atoms with van der Waals surface area (Å²) in [6, 6.07) is 2.43. The van der Waals surface area contributed by atoms with Gasteiger partial charge in [0.2, 0.25) is 0 Å². The van der Waals surface area contributed by atoms with Crippen LogP contribution in [0, 0.1) is 5.92 Å². The van der Waals surface area contributed by atoms with E-state index in [0.717, 1.165) is 25.0 Å². The SMILES string of the molecule is CC(C)n1ccc(CC2(O)CCCCC2C)n1. The third-order valence-electron chi connectivity index (χ3n) is 4.09. The molecule has 0 aromatic carbocycles. The van der Waals surface area contributed by atoms with Crippen molar-refractivity contribution in [2.45, 2.75) is 64.5 Å². The predicted octanol–water partition coefficient (Wildman–Crippen LogP) is 2.95. The Morgan fingerprint density at radius 1 is 1.53 bits per heavy atom. The number of rotatable bonds is 3. The van der Waals surface area contributed by atoms with E-state index in [0.29, 0.717) is 18.4 Å². The maximum Gasteiger partial charge on any atom is 0.0729 e.